The van der Waals surface area contributed by atoms with Gasteiger partial charge in [0, 0.05) is 31.7 Å². The Hall–Kier alpha value is -1.14. The highest BCUT2D eigenvalue weighted by molar-refractivity contribution is 7.13. The number of methoxy groups -OCH3 is 1. The number of nitrogens with one attached hydrogen (secondary N) is 2. The Morgan fingerprint density at radius 2 is 2.47 bits per heavy atom. The average Bonchev–Trinajstić information content (AvgIpc) is 3.00. The van der Waals surface area contributed by atoms with E-state index in [1.165, 1.54) is 11.3 Å². The van der Waals surface area contributed by atoms with Crippen molar-refractivity contribution in [1.82, 2.24) is 10.3 Å². The Morgan fingerprint density at radius 1 is 1.65 bits per heavy atom. The predicted molar refractivity (Wildman–Crippen MR) is 67.6 cm³/mol. The van der Waals surface area contributed by atoms with Crippen LogP contribution < -0.4 is 10.6 Å². The quantitative estimate of drug-likeness (QED) is 0.724. The third-order valence-electron chi connectivity index (χ3n) is 2.45. The van der Waals surface area contributed by atoms with Gasteiger partial charge < -0.3 is 15.4 Å². The van der Waals surface area contributed by atoms with Crippen LogP contribution >= 0.6 is 11.3 Å². The van der Waals surface area contributed by atoms with Gasteiger partial charge in [0.15, 0.2) is 5.13 Å². The van der Waals surface area contributed by atoms with Gasteiger partial charge in [0.2, 0.25) is 0 Å². The average molecular weight is 255 g/mol. The molecule has 1 aromatic heterocycles. The summed E-state index contributed by atoms with van der Waals surface area (Å²) in [5.74, 6) is -0.0614. The number of thiazole rings is 1. The third kappa shape index (κ3) is 3.98. The van der Waals surface area contributed by atoms with Crippen molar-refractivity contribution < 1.29 is 9.53 Å². The van der Waals surface area contributed by atoms with Crippen LogP contribution in [-0.4, -0.2) is 37.2 Å². The molecule has 1 fully saturated rings. The highest BCUT2D eigenvalue weighted by Crippen LogP contribution is 2.20. The number of hydrogen-bond acceptors (Lipinski definition) is 5. The van der Waals surface area contributed by atoms with E-state index in [0.717, 1.165) is 37.5 Å². The Balaban J connectivity index is 1.76. The molecule has 1 aliphatic rings. The standard InChI is InChI=1S/C11H17N3O2S/c1-16-6-2-5-12-11-14-9(7-17-11)10(15)13-8-3-4-8/h7-8H,2-6H2,1H3,(H,12,14)(H,13,15). The molecule has 0 aromatic carbocycles. The van der Waals surface area contributed by atoms with Gasteiger partial charge in [-0.05, 0) is 19.3 Å². The lowest BCUT2D eigenvalue weighted by Crippen LogP contribution is -2.25. The summed E-state index contributed by atoms with van der Waals surface area (Å²) in [4.78, 5) is 15.9. The zero-order valence-corrected chi connectivity index (χ0v) is 10.7. The fourth-order valence-electron chi connectivity index (χ4n) is 1.36. The van der Waals surface area contributed by atoms with Gasteiger partial charge >= 0.3 is 0 Å². The molecule has 17 heavy (non-hydrogen) atoms. The summed E-state index contributed by atoms with van der Waals surface area (Å²) < 4.78 is 4.95. The maximum absolute atomic E-state index is 11.7. The van der Waals surface area contributed by atoms with Crippen LogP contribution in [0.2, 0.25) is 0 Å². The Morgan fingerprint density at radius 3 is 3.18 bits per heavy atom. The van der Waals surface area contributed by atoms with Gasteiger partial charge in [-0.25, -0.2) is 4.98 Å². The summed E-state index contributed by atoms with van der Waals surface area (Å²) in [5.41, 5.74) is 0.510. The molecular formula is C11H17N3O2S. The van der Waals surface area contributed by atoms with Crippen molar-refractivity contribution in [2.75, 3.05) is 25.6 Å². The minimum atomic E-state index is -0.0614. The number of aromatic nitrogens is 1. The highest BCUT2D eigenvalue weighted by Gasteiger charge is 2.24. The van der Waals surface area contributed by atoms with E-state index in [0.29, 0.717) is 11.7 Å². The molecule has 1 aliphatic carbocycles. The van der Waals surface area contributed by atoms with Crippen LogP contribution in [0.3, 0.4) is 0 Å². The van der Waals surface area contributed by atoms with Gasteiger partial charge in [-0.15, -0.1) is 11.3 Å². The topological polar surface area (TPSA) is 63.2 Å². The fraction of sp³-hybridized carbons (Fsp3) is 0.636. The van der Waals surface area contributed by atoms with Gasteiger partial charge in [0.1, 0.15) is 5.69 Å². The lowest BCUT2D eigenvalue weighted by atomic mass is 10.4. The molecule has 0 radical (unpaired) electrons. The van der Waals surface area contributed by atoms with Crippen LogP contribution in [0, 0.1) is 0 Å². The number of carbonyl (C=O) groups excluding carboxylic acids is 1. The second-order valence-corrected chi connectivity index (χ2v) is 4.92. The first-order valence-corrected chi connectivity index (χ1v) is 6.67. The third-order valence-corrected chi connectivity index (χ3v) is 3.25. The second kappa shape index (κ2) is 5.97. The number of anilines is 1. The van der Waals surface area contributed by atoms with E-state index in [-0.39, 0.29) is 5.91 Å². The lowest BCUT2D eigenvalue weighted by Gasteiger charge is -2.01. The Kier molecular flexibility index (Phi) is 4.33. The summed E-state index contributed by atoms with van der Waals surface area (Å²) in [6.45, 7) is 1.54. The van der Waals surface area contributed by atoms with Crippen LogP contribution in [-0.2, 0) is 4.74 Å². The second-order valence-electron chi connectivity index (χ2n) is 4.06. The minimum absolute atomic E-state index is 0.0614. The maximum Gasteiger partial charge on any atom is 0.271 e. The monoisotopic (exact) mass is 255 g/mol. The van der Waals surface area contributed by atoms with E-state index in [9.17, 15) is 4.79 Å². The molecule has 1 aromatic rings. The number of ether oxygens (including phenoxy) is 1. The normalized spacial score (nSPS) is 14.6. The lowest BCUT2D eigenvalue weighted by molar-refractivity contribution is 0.0947. The van der Waals surface area contributed by atoms with Crippen molar-refractivity contribution in [2.24, 2.45) is 0 Å². The number of amides is 1. The summed E-state index contributed by atoms with van der Waals surface area (Å²) in [7, 11) is 1.68. The molecule has 1 heterocycles. The number of nitrogens with zero attached hydrogens (tertiary/aromatic N) is 1. The van der Waals surface area contributed by atoms with Crippen molar-refractivity contribution in [2.45, 2.75) is 25.3 Å². The molecule has 5 nitrogen and oxygen atoms in total. The summed E-state index contributed by atoms with van der Waals surface area (Å²) in [5, 5.41) is 8.67. The molecule has 0 unspecified atom stereocenters. The van der Waals surface area contributed by atoms with Crippen molar-refractivity contribution in [3.63, 3.8) is 0 Å². The zero-order valence-electron chi connectivity index (χ0n) is 9.86. The summed E-state index contributed by atoms with van der Waals surface area (Å²) in [6, 6.07) is 0.377. The highest BCUT2D eigenvalue weighted by atomic mass is 32.1. The van der Waals surface area contributed by atoms with Crippen LogP contribution in [0.15, 0.2) is 5.38 Å². The molecule has 0 saturated heterocycles. The van der Waals surface area contributed by atoms with Crippen molar-refractivity contribution in [1.29, 1.82) is 0 Å². The maximum atomic E-state index is 11.7. The van der Waals surface area contributed by atoms with Gasteiger partial charge in [0.25, 0.3) is 5.91 Å². The van der Waals surface area contributed by atoms with E-state index in [1.807, 2.05) is 0 Å². The van der Waals surface area contributed by atoms with Gasteiger partial charge in [-0.3, -0.25) is 4.79 Å². The van der Waals surface area contributed by atoms with E-state index in [4.69, 9.17) is 4.74 Å². The van der Waals surface area contributed by atoms with E-state index in [1.54, 1.807) is 12.5 Å². The molecule has 6 heteroatoms. The van der Waals surface area contributed by atoms with Gasteiger partial charge in [0.05, 0.1) is 0 Å². The number of rotatable bonds is 7. The van der Waals surface area contributed by atoms with Crippen molar-refractivity contribution >= 4 is 22.4 Å². The van der Waals surface area contributed by atoms with Crippen LogP contribution in [0.25, 0.3) is 0 Å². The molecule has 0 aliphatic heterocycles. The predicted octanol–water partition coefficient (Wildman–Crippen LogP) is 1.48. The largest absolute Gasteiger partial charge is 0.385 e. The first-order chi connectivity index (χ1) is 8.29. The number of hydrogen-bond donors (Lipinski definition) is 2. The molecule has 2 rings (SSSR count). The molecule has 0 spiro atoms. The minimum Gasteiger partial charge on any atom is -0.385 e. The van der Waals surface area contributed by atoms with Crippen molar-refractivity contribution in [3.8, 4) is 0 Å². The van der Waals surface area contributed by atoms with Crippen molar-refractivity contribution in [3.05, 3.63) is 11.1 Å². The molecule has 1 saturated carbocycles. The van der Waals surface area contributed by atoms with Gasteiger partial charge in [-0.1, -0.05) is 0 Å². The van der Waals surface area contributed by atoms with E-state index >= 15 is 0 Å². The molecule has 0 bridgehead atoms. The van der Waals surface area contributed by atoms with Crippen LogP contribution in [0.4, 0.5) is 5.13 Å². The van der Waals surface area contributed by atoms with Crippen LogP contribution in [0.5, 0.6) is 0 Å². The van der Waals surface area contributed by atoms with Crippen LogP contribution in [0.1, 0.15) is 29.8 Å². The first kappa shape index (κ1) is 12.3. The van der Waals surface area contributed by atoms with E-state index in [2.05, 4.69) is 15.6 Å². The summed E-state index contributed by atoms with van der Waals surface area (Å²) in [6.07, 6.45) is 3.12. The van der Waals surface area contributed by atoms with E-state index < -0.39 is 0 Å². The summed E-state index contributed by atoms with van der Waals surface area (Å²) >= 11 is 1.46. The number of carbonyl (C=O) groups is 1. The SMILES string of the molecule is COCCCNc1nc(C(=O)NC2CC2)cs1. The Bertz CT molecular complexity index is 377. The Labute approximate surface area is 105 Å². The molecule has 2 N–H and O–H groups in total. The zero-order chi connectivity index (χ0) is 12.1. The smallest absolute Gasteiger partial charge is 0.271 e. The molecule has 94 valence electrons. The molecule has 0 atom stereocenters. The van der Waals surface area contributed by atoms with Gasteiger partial charge in [-0.2, -0.15) is 0 Å². The molecular weight excluding hydrogens is 238 g/mol. The fourth-order valence-corrected chi connectivity index (χ4v) is 2.08. The first-order valence-electron chi connectivity index (χ1n) is 5.79. The molecule has 1 amide bonds.